The van der Waals surface area contributed by atoms with E-state index in [1.807, 2.05) is 18.2 Å². The van der Waals surface area contributed by atoms with E-state index in [1.54, 1.807) is 11.3 Å². The van der Waals surface area contributed by atoms with Crippen molar-refractivity contribution in [2.24, 2.45) is 5.73 Å². The summed E-state index contributed by atoms with van der Waals surface area (Å²) >= 11 is 7.94. The molecular weight excluding hydrogens is 262 g/mol. The summed E-state index contributed by atoms with van der Waals surface area (Å²) in [6.45, 7) is 0.573. The van der Waals surface area contributed by atoms with Gasteiger partial charge in [0.15, 0.2) is 0 Å². The van der Waals surface area contributed by atoms with Gasteiger partial charge in [-0.2, -0.15) is 0 Å². The van der Waals surface area contributed by atoms with Crippen LogP contribution < -0.4 is 5.73 Å². The summed E-state index contributed by atoms with van der Waals surface area (Å²) in [6.07, 6.45) is 0. The lowest BCUT2D eigenvalue weighted by atomic mass is 9.99. The first kappa shape index (κ1) is 11.7. The third-order valence-corrected chi connectivity index (χ3v) is 4.36. The first-order valence-corrected chi connectivity index (χ1v) is 7.01. The Hall–Kier alpha value is -1.35. The predicted molar refractivity (Wildman–Crippen MR) is 80.2 cm³/mol. The highest BCUT2D eigenvalue weighted by molar-refractivity contribution is 7.10. The third kappa shape index (κ3) is 1.83. The Bertz CT molecular complexity index is 703. The molecule has 2 N–H and O–H groups in total. The average molecular weight is 274 g/mol. The van der Waals surface area contributed by atoms with Crippen molar-refractivity contribution < 1.29 is 0 Å². The van der Waals surface area contributed by atoms with Crippen molar-refractivity contribution in [2.45, 2.75) is 6.54 Å². The Morgan fingerprint density at radius 2 is 1.72 bits per heavy atom. The van der Waals surface area contributed by atoms with Crippen molar-refractivity contribution in [3.8, 4) is 11.1 Å². The van der Waals surface area contributed by atoms with Crippen molar-refractivity contribution in [1.82, 2.24) is 0 Å². The van der Waals surface area contributed by atoms with Gasteiger partial charge in [-0.15, -0.1) is 11.3 Å². The average Bonchev–Trinajstić information content (AvgIpc) is 2.88. The number of thiophene rings is 1. The lowest BCUT2D eigenvalue weighted by Gasteiger charge is -2.08. The maximum absolute atomic E-state index is 6.24. The molecule has 90 valence electrons. The Labute approximate surface area is 115 Å². The van der Waals surface area contributed by atoms with Crippen LogP contribution in [0.3, 0.4) is 0 Å². The lowest BCUT2D eigenvalue weighted by Crippen LogP contribution is -1.95. The van der Waals surface area contributed by atoms with Gasteiger partial charge in [-0.05, 0) is 34.0 Å². The van der Waals surface area contributed by atoms with Gasteiger partial charge in [-0.25, -0.2) is 0 Å². The Morgan fingerprint density at radius 3 is 2.50 bits per heavy atom. The molecule has 3 rings (SSSR count). The van der Waals surface area contributed by atoms with Crippen molar-refractivity contribution in [1.29, 1.82) is 0 Å². The summed E-state index contributed by atoms with van der Waals surface area (Å²) in [5, 5.41) is 5.14. The monoisotopic (exact) mass is 273 g/mol. The van der Waals surface area contributed by atoms with Gasteiger partial charge >= 0.3 is 0 Å². The molecule has 0 amide bonds. The summed E-state index contributed by atoms with van der Waals surface area (Å²) in [7, 11) is 0. The molecule has 0 spiro atoms. The largest absolute Gasteiger partial charge is 0.326 e. The molecular formula is C15H12ClNS. The summed E-state index contributed by atoms with van der Waals surface area (Å²) < 4.78 is 0. The van der Waals surface area contributed by atoms with Gasteiger partial charge in [0.2, 0.25) is 0 Å². The molecule has 0 saturated heterocycles. The van der Waals surface area contributed by atoms with Crippen molar-refractivity contribution in [3.63, 3.8) is 0 Å². The zero-order valence-electron chi connectivity index (χ0n) is 9.69. The molecule has 2 aromatic carbocycles. The van der Waals surface area contributed by atoms with Crippen LogP contribution in [0.5, 0.6) is 0 Å². The molecule has 3 aromatic rings. The van der Waals surface area contributed by atoms with E-state index in [0.717, 1.165) is 10.4 Å². The fourth-order valence-electron chi connectivity index (χ4n) is 2.24. The van der Waals surface area contributed by atoms with E-state index >= 15 is 0 Å². The minimum absolute atomic E-state index is 0.573. The predicted octanol–water partition coefficient (Wildman–Crippen LogP) is 4.68. The van der Waals surface area contributed by atoms with E-state index in [0.29, 0.717) is 6.54 Å². The molecule has 0 aliphatic carbocycles. The van der Waals surface area contributed by atoms with Crippen LogP contribution in [-0.4, -0.2) is 0 Å². The van der Waals surface area contributed by atoms with E-state index in [4.69, 9.17) is 17.3 Å². The number of halogens is 1. The molecule has 0 aliphatic heterocycles. The molecule has 1 aromatic heterocycles. The second kappa shape index (κ2) is 4.73. The molecule has 0 aliphatic rings. The molecule has 0 saturated carbocycles. The van der Waals surface area contributed by atoms with Crippen molar-refractivity contribution >= 4 is 33.7 Å². The van der Waals surface area contributed by atoms with Crippen molar-refractivity contribution in [2.75, 3.05) is 0 Å². The van der Waals surface area contributed by atoms with Crippen LogP contribution in [0.2, 0.25) is 5.02 Å². The number of hydrogen-bond donors (Lipinski definition) is 1. The molecule has 0 unspecified atom stereocenters. The minimum atomic E-state index is 0.573. The zero-order valence-corrected chi connectivity index (χ0v) is 11.3. The molecule has 18 heavy (non-hydrogen) atoms. The van der Waals surface area contributed by atoms with Crippen LogP contribution in [0.25, 0.3) is 21.9 Å². The topological polar surface area (TPSA) is 26.0 Å². The number of rotatable bonds is 2. The minimum Gasteiger partial charge on any atom is -0.326 e. The molecule has 1 heterocycles. The SMILES string of the molecule is NCc1sccc1-c1ccc(Cl)c2ccccc12. The quantitative estimate of drug-likeness (QED) is 0.721. The maximum atomic E-state index is 6.24. The first-order chi connectivity index (χ1) is 8.81. The summed E-state index contributed by atoms with van der Waals surface area (Å²) in [5.74, 6) is 0. The van der Waals surface area contributed by atoms with E-state index < -0.39 is 0 Å². The highest BCUT2D eigenvalue weighted by Crippen LogP contribution is 2.36. The van der Waals surface area contributed by atoms with Crippen LogP contribution in [-0.2, 0) is 6.54 Å². The van der Waals surface area contributed by atoms with Gasteiger partial charge in [-0.1, -0.05) is 41.9 Å². The Balaban J connectivity index is 2.34. The van der Waals surface area contributed by atoms with Crippen LogP contribution in [0, 0.1) is 0 Å². The maximum Gasteiger partial charge on any atom is 0.0484 e. The summed E-state index contributed by atoms with van der Waals surface area (Å²) in [5.41, 5.74) is 8.21. The number of benzene rings is 2. The van der Waals surface area contributed by atoms with Gasteiger partial charge in [0.25, 0.3) is 0 Å². The van der Waals surface area contributed by atoms with Crippen LogP contribution in [0.15, 0.2) is 47.8 Å². The van der Waals surface area contributed by atoms with E-state index in [-0.39, 0.29) is 0 Å². The normalized spacial score (nSPS) is 11.0. The Morgan fingerprint density at radius 1 is 0.944 bits per heavy atom. The molecule has 3 heteroatoms. The van der Waals surface area contributed by atoms with Crippen LogP contribution >= 0.6 is 22.9 Å². The smallest absolute Gasteiger partial charge is 0.0484 e. The fraction of sp³-hybridized carbons (Fsp3) is 0.0667. The molecule has 0 fully saturated rings. The van der Waals surface area contributed by atoms with E-state index in [1.165, 1.54) is 21.4 Å². The number of hydrogen-bond acceptors (Lipinski definition) is 2. The molecule has 0 atom stereocenters. The molecule has 0 radical (unpaired) electrons. The van der Waals surface area contributed by atoms with Crippen LogP contribution in [0.1, 0.15) is 4.88 Å². The highest BCUT2D eigenvalue weighted by atomic mass is 35.5. The first-order valence-electron chi connectivity index (χ1n) is 5.75. The highest BCUT2D eigenvalue weighted by Gasteiger charge is 2.10. The number of nitrogens with two attached hydrogens (primary N) is 1. The number of fused-ring (bicyclic) bond motifs is 1. The zero-order chi connectivity index (χ0) is 12.5. The van der Waals surface area contributed by atoms with Gasteiger partial charge in [-0.3, -0.25) is 0 Å². The van der Waals surface area contributed by atoms with E-state index in [9.17, 15) is 0 Å². The summed E-state index contributed by atoms with van der Waals surface area (Å²) in [6, 6.07) is 14.4. The van der Waals surface area contributed by atoms with Gasteiger partial charge in [0, 0.05) is 21.8 Å². The van der Waals surface area contributed by atoms with Crippen molar-refractivity contribution in [3.05, 3.63) is 57.7 Å². The standard InChI is InChI=1S/C15H12ClNS/c16-14-6-5-11(10-3-1-2-4-12(10)14)13-7-8-18-15(13)9-17/h1-8H,9,17H2. The Kier molecular flexibility index (Phi) is 3.08. The molecule has 0 bridgehead atoms. The lowest BCUT2D eigenvalue weighted by molar-refractivity contribution is 1.11. The third-order valence-electron chi connectivity index (χ3n) is 3.09. The second-order valence-electron chi connectivity index (χ2n) is 4.10. The fourth-order valence-corrected chi connectivity index (χ4v) is 3.23. The van der Waals surface area contributed by atoms with E-state index in [2.05, 4.69) is 29.6 Å². The van der Waals surface area contributed by atoms with Gasteiger partial charge in [0.05, 0.1) is 0 Å². The molecule has 1 nitrogen and oxygen atoms in total. The van der Waals surface area contributed by atoms with Gasteiger partial charge in [0.1, 0.15) is 0 Å². The van der Waals surface area contributed by atoms with Crippen LogP contribution in [0.4, 0.5) is 0 Å². The van der Waals surface area contributed by atoms with Gasteiger partial charge < -0.3 is 5.73 Å². The second-order valence-corrected chi connectivity index (χ2v) is 5.51. The summed E-state index contributed by atoms with van der Waals surface area (Å²) in [4.78, 5) is 1.21.